The summed E-state index contributed by atoms with van der Waals surface area (Å²) in [5.74, 6) is 0. The Hall–Kier alpha value is 0.0800. The highest BCUT2D eigenvalue weighted by atomic mass is 35.5. The van der Waals surface area contributed by atoms with Gasteiger partial charge in [-0.05, 0) is 6.07 Å². The van der Waals surface area contributed by atoms with Gasteiger partial charge < -0.3 is 5.73 Å². The van der Waals surface area contributed by atoms with Crippen molar-refractivity contribution >= 4 is 61.8 Å². The van der Waals surface area contributed by atoms with Gasteiger partial charge in [0.2, 0.25) is 10.0 Å². The lowest BCUT2D eigenvalue weighted by atomic mass is 9.94. The molecule has 9 heteroatoms. The smallest absolute Gasteiger partial charge is 0.242 e. The molecule has 0 spiro atoms. The van der Waals surface area contributed by atoms with Crippen molar-refractivity contribution in [3.8, 4) is 0 Å². The number of nitrogens with two attached hydrogens (primary N) is 1. The normalized spacial score (nSPS) is 12.7. The molecule has 0 fully saturated rings. The Kier molecular flexibility index (Phi) is 5.02. The number of sulfonamides is 1. The van der Waals surface area contributed by atoms with Gasteiger partial charge in [0, 0.05) is 12.0 Å². The maximum atomic E-state index is 12.0. The fourth-order valence-electron chi connectivity index (χ4n) is 0.949. The first kappa shape index (κ1) is 16.1. The molecule has 102 valence electrons. The van der Waals surface area contributed by atoms with Crippen LogP contribution in [0.2, 0.25) is 8.67 Å². The van der Waals surface area contributed by atoms with Crippen molar-refractivity contribution < 1.29 is 8.42 Å². The lowest BCUT2D eigenvalue weighted by Crippen LogP contribution is -2.41. The molecule has 0 amide bonds. The van der Waals surface area contributed by atoms with E-state index in [0.717, 1.165) is 11.3 Å². The van der Waals surface area contributed by atoms with E-state index < -0.39 is 15.4 Å². The summed E-state index contributed by atoms with van der Waals surface area (Å²) in [4.78, 5) is 0.206. The summed E-state index contributed by atoms with van der Waals surface area (Å²) >= 11 is 17.4. The van der Waals surface area contributed by atoms with Crippen molar-refractivity contribution in [3.05, 3.63) is 14.7 Å². The van der Waals surface area contributed by atoms with E-state index in [4.69, 9.17) is 41.2 Å². The SMILES string of the molecule is CC(C)(CNS(=O)(=O)c1cc(Cl)sc1Cl)C(N)=S. The van der Waals surface area contributed by atoms with E-state index in [9.17, 15) is 8.42 Å². The summed E-state index contributed by atoms with van der Waals surface area (Å²) < 4.78 is 26.9. The second-order valence-electron chi connectivity index (χ2n) is 4.26. The lowest BCUT2D eigenvalue weighted by Gasteiger charge is -2.23. The highest BCUT2D eigenvalue weighted by Crippen LogP contribution is 2.34. The van der Waals surface area contributed by atoms with Gasteiger partial charge in [0.15, 0.2) is 0 Å². The number of thiocarbonyl (C=S) groups is 1. The molecule has 0 saturated heterocycles. The van der Waals surface area contributed by atoms with Crippen LogP contribution in [0.5, 0.6) is 0 Å². The third kappa shape index (κ3) is 3.79. The zero-order chi connectivity index (χ0) is 14.1. The number of hydrogen-bond donors (Lipinski definition) is 2. The molecule has 18 heavy (non-hydrogen) atoms. The van der Waals surface area contributed by atoms with Crippen molar-refractivity contribution in [2.45, 2.75) is 18.7 Å². The standard InChI is InChI=1S/C9H12Cl2N2O2S3/c1-9(2,8(12)16)4-13-18(14,15)5-3-6(10)17-7(5)11/h3,13H,4H2,1-2H3,(H2,12,16). The maximum absolute atomic E-state index is 12.0. The van der Waals surface area contributed by atoms with Gasteiger partial charge in [-0.3, -0.25) is 0 Å². The monoisotopic (exact) mass is 346 g/mol. The first-order valence-electron chi connectivity index (χ1n) is 4.81. The molecule has 0 saturated carbocycles. The molecule has 0 aliphatic heterocycles. The third-order valence-electron chi connectivity index (χ3n) is 2.29. The first-order chi connectivity index (χ1) is 8.06. The Bertz CT molecular complexity index is 566. The summed E-state index contributed by atoms with van der Waals surface area (Å²) in [5.41, 5.74) is 4.91. The predicted octanol–water partition coefficient (Wildman–Crippen LogP) is 2.65. The Morgan fingerprint density at radius 2 is 2.11 bits per heavy atom. The minimum atomic E-state index is -3.71. The second kappa shape index (κ2) is 5.60. The Labute approximate surface area is 126 Å². The van der Waals surface area contributed by atoms with Crippen LogP contribution in [-0.2, 0) is 10.0 Å². The van der Waals surface area contributed by atoms with Crippen LogP contribution in [0, 0.1) is 5.41 Å². The van der Waals surface area contributed by atoms with Gasteiger partial charge in [-0.2, -0.15) is 0 Å². The van der Waals surface area contributed by atoms with Crippen molar-refractivity contribution in [2.24, 2.45) is 11.1 Å². The number of halogens is 2. The molecule has 1 aromatic heterocycles. The molecule has 0 bridgehead atoms. The van der Waals surface area contributed by atoms with Gasteiger partial charge >= 0.3 is 0 Å². The molecule has 1 aromatic rings. The van der Waals surface area contributed by atoms with Gasteiger partial charge in [-0.15, -0.1) is 11.3 Å². The fourth-order valence-corrected chi connectivity index (χ4v) is 4.38. The molecule has 0 aromatic carbocycles. The zero-order valence-electron chi connectivity index (χ0n) is 9.66. The molecule has 3 N–H and O–H groups in total. The Morgan fingerprint density at radius 1 is 1.56 bits per heavy atom. The van der Waals surface area contributed by atoms with E-state index in [2.05, 4.69) is 4.72 Å². The summed E-state index contributed by atoms with van der Waals surface area (Å²) in [5, 5.41) is 0. The number of rotatable bonds is 5. The van der Waals surface area contributed by atoms with Crippen molar-refractivity contribution in [1.29, 1.82) is 0 Å². The molecule has 0 aliphatic rings. The maximum Gasteiger partial charge on any atom is 0.242 e. The van der Waals surface area contributed by atoms with E-state index in [0.29, 0.717) is 4.34 Å². The minimum absolute atomic E-state index is 0.0297. The predicted molar refractivity (Wildman–Crippen MR) is 80.1 cm³/mol. The average Bonchev–Trinajstić information content (AvgIpc) is 2.56. The summed E-state index contributed by atoms with van der Waals surface area (Å²) in [7, 11) is -3.71. The Morgan fingerprint density at radius 3 is 2.50 bits per heavy atom. The number of nitrogens with one attached hydrogen (secondary N) is 1. The van der Waals surface area contributed by atoms with Gasteiger partial charge in [0.05, 0.1) is 9.32 Å². The van der Waals surface area contributed by atoms with Crippen LogP contribution in [-0.4, -0.2) is 20.0 Å². The summed E-state index contributed by atoms with van der Waals surface area (Å²) in [6.45, 7) is 3.59. The van der Waals surface area contributed by atoms with Gasteiger partial charge in [0.25, 0.3) is 0 Å². The van der Waals surface area contributed by atoms with Crippen molar-refractivity contribution in [2.75, 3.05) is 6.54 Å². The largest absolute Gasteiger partial charge is 0.393 e. The molecular formula is C9H12Cl2N2O2S3. The van der Waals surface area contributed by atoms with Crippen LogP contribution in [0.4, 0.5) is 0 Å². The Balaban J connectivity index is 2.91. The van der Waals surface area contributed by atoms with E-state index in [1.165, 1.54) is 6.07 Å². The fraction of sp³-hybridized carbons (Fsp3) is 0.444. The van der Waals surface area contributed by atoms with Gasteiger partial charge in [-0.25, -0.2) is 13.1 Å². The second-order valence-corrected chi connectivity index (χ2v) is 8.72. The zero-order valence-corrected chi connectivity index (χ0v) is 13.6. The third-order valence-corrected chi connectivity index (χ3v) is 5.99. The van der Waals surface area contributed by atoms with Gasteiger partial charge in [-0.1, -0.05) is 49.3 Å². The first-order valence-corrected chi connectivity index (χ1v) is 8.27. The highest BCUT2D eigenvalue weighted by molar-refractivity contribution is 7.89. The van der Waals surface area contributed by atoms with E-state index in [1.54, 1.807) is 13.8 Å². The van der Waals surface area contributed by atoms with Crippen LogP contribution in [0.1, 0.15) is 13.8 Å². The summed E-state index contributed by atoms with van der Waals surface area (Å²) in [6, 6.07) is 1.31. The van der Waals surface area contributed by atoms with Crippen LogP contribution < -0.4 is 10.5 Å². The minimum Gasteiger partial charge on any atom is -0.393 e. The molecule has 1 rings (SSSR count). The lowest BCUT2D eigenvalue weighted by molar-refractivity contribution is 0.502. The summed E-state index contributed by atoms with van der Waals surface area (Å²) in [6.07, 6.45) is 0. The van der Waals surface area contributed by atoms with E-state index in [1.807, 2.05) is 0 Å². The van der Waals surface area contributed by atoms with Crippen molar-refractivity contribution in [3.63, 3.8) is 0 Å². The van der Waals surface area contributed by atoms with Crippen LogP contribution in [0.25, 0.3) is 0 Å². The van der Waals surface area contributed by atoms with E-state index >= 15 is 0 Å². The van der Waals surface area contributed by atoms with Crippen LogP contribution in [0.3, 0.4) is 0 Å². The quantitative estimate of drug-likeness (QED) is 0.804. The molecule has 0 radical (unpaired) electrons. The van der Waals surface area contributed by atoms with E-state index in [-0.39, 0.29) is 20.8 Å². The highest BCUT2D eigenvalue weighted by Gasteiger charge is 2.27. The molecule has 0 aliphatic carbocycles. The van der Waals surface area contributed by atoms with Crippen LogP contribution in [0.15, 0.2) is 11.0 Å². The molecule has 0 atom stereocenters. The molecule has 4 nitrogen and oxygen atoms in total. The number of thiophene rings is 1. The topological polar surface area (TPSA) is 72.2 Å². The van der Waals surface area contributed by atoms with Crippen molar-refractivity contribution in [1.82, 2.24) is 4.72 Å². The molecule has 0 unspecified atom stereocenters. The molecular weight excluding hydrogens is 335 g/mol. The van der Waals surface area contributed by atoms with Crippen LogP contribution >= 0.6 is 46.8 Å². The van der Waals surface area contributed by atoms with Gasteiger partial charge in [0.1, 0.15) is 9.23 Å². The molecule has 1 heterocycles. The average molecular weight is 347 g/mol. The number of hydrogen-bond acceptors (Lipinski definition) is 4.